The highest BCUT2D eigenvalue weighted by molar-refractivity contribution is 5.95. The third kappa shape index (κ3) is 3.79. The van der Waals surface area contributed by atoms with Crippen molar-refractivity contribution in [3.05, 3.63) is 66.0 Å². The lowest BCUT2D eigenvalue weighted by Gasteiger charge is -2.20. The van der Waals surface area contributed by atoms with E-state index in [1.807, 2.05) is 30.3 Å². The molecule has 0 amide bonds. The topological polar surface area (TPSA) is 77.6 Å². The summed E-state index contributed by atoms with van der Waals surface area (Å²) in [6.45, 7) is 0. The predicted molar refractivity (Wildman–Crippen MR) is 92.2 cm³/mol. The summed E-state index contributed by atoms with van der Waals surface area (Å²) in [5, 5.41) is 3.79. The first-order chi connectivity index (χ1) is 11.8. The zero-order valence-corrected chi connectivity index (χ0v) is 13.5. The van der Waals surface area contributed by atoms with Crippen molar-refractivity contribution >= 4 is 11.8 Å². The van der Waals surface area contributed by atoms with Gasteiger partial charge in [-0.15, -0.1) is 0 Å². The number of nitrogens with two attached hydrogens (primary N) is 1. The first kappa shape index (κ1) is 16.2. The van der Waals surface area contributed by atoms with Crippen LogP contribution < -0.4 is 5.73 Å². The Bertz CT molecular complexity index is 695. The van der Waals surface area contributed by atoms with Crippen molar-refractivity contribution in [1.29, 1.82) is 0 Å². The van der Waals surface area contributed by atoms with E-state index in [4.69, 9.17) is 10.6 Å². The Balaban J connectivity index is 1.76. The maximum Gasteiger partial charge on any atom is 0.342 e. The van der Waals surface area contributed by atoms with E-state index in [1.165, 1.54) is 0 Å². The molecule has 0 aliphatic heterocycles. The molecule has 0 unspecified atom stereocenters. The number of pyridine rings is 1. The molecule has 0 radical (unpaired) electrons. The highest BCUT2D eigenvalue weighted by Crippen LogP contribution is 2.38. The molecule has 0 bridgehead atoms. The van der Waals surface area contributed by atoms with Crippen molar-refractivity contribution < 1.29 is 9.63 Å². The van der Waals surface area contributed by atoms with E-state index < -0.39 is 0 Å². The predicted octanol–water partition coefficient (Wildman–Crippen LogP) is 3.22. The van der Waals surface area contributed by atoms with Crippen molar-refractivity contribution in [2.24, 2.45) is 16.8 Å². The lowest BCUT2D eigenvalue weighted by atomic mass is 9.85. The van der Waals surface area contributed by atoms with E-state index in [2.05, 4.69) is 10.1 Å². The molecule has 1 saturated carbocycles. The van der Waals surface area contributed by atoms with Gasteiger partial charge >= 0.3 is 5.97 Å². The van der Waals surface area contributed by atoms with Gasteiger partial charge in [0.25, 0.3) is 0 Å². The molecule has 5 heteroatoms. The second-order valence-corrected chi connectivity index (χ2v) is 6.03. The van der Waals surface area contributed by atoms with Crippen LogP contribution in [0.25, 0.3) is 0 Å². The van der Waals surface area contributed by atoms with Gasteiger partial charge in [-0.3, -0.25) is 4.98 Å². The fourth-order valence-corrected chi connectivity index (χ4v) is 3.26. The Hall–Kier alpha value is -2.69. The SMILES string of the molecule is N/C(=N/OC(=O)[C@@H](c1ccccc1)C1CCCC1)c1ccccn1. The maximum absolute atomic E-state index is 12.7. The summed E-state index contributed by atoms with van der Waals surface area (Å²) >= 11 is 0. The Morgan fingerprint density at radius 1 is 1.12 bits per heavy atom. The maximum atomic E-state index is 12.7. The highest BCUT2D eigenvalue weighted by Gasteiger charge is 2.33. The van der Waals surface area contributed by atoms with Gasteiger partial charge in [-0.1, -0.05) is 54.4 Å². The normalized spacial score (nSPS) is 16.8. The summed E-state index contributed by atoms with van der Waals surface area (Å²) in [6.07, 6.45) is 5.99. The smallest absolute Gasteiger partial charge is 0.342 e. The standard InChI is InChI=1S/C19H21N3O2/c20-18(16-12-6-7-13-21-16)22-24-19(23)17(15-10-4-5-11-15)14-8-2-1-3-9-14/h1-3,6-9,12-13,15,17H,4-5,10-11H2,(H2,20,22)/t17-/m0/s1. The molecule has 1 heterocycles. The molecule has 1 fully saturated rings. The van der Waals surface area contributed by atoms with Crippen LogP contribution in [0, 0.1) is 5.92 Å². The number of rotatable bonds is 5. The van der Waals surface area contributed by atoms with Gasteiger partial charge in [0.15, 0.2) is 5.84 Å². The van der Waals surface area contributed by atoms with Gasteiger partial charge in [-0.2, -0.15) is 0 Å². The van der Waals surface area contributed by atoms with Crippen LogP contribution in [0.15, 0.2) is 59.9 Å². The van der Waals surface area contributed by atoms with Gasteiger partial charge < -0.3 is 10.6 Å². The van der Waals surface area contributed by atoms with Crippen LogP contribution in [-0.4, -0.2) is 16.8 Å². The molecular formula is C19H21N3O2. The van der Waals surface area contributed by atoms with Crippen molar-refractivity contribution in [3.63, 3.8) is 0 Å². The van der Waals surface area contributed by atoms with E-state index in [9.17, 15) is 4.79 Å². The van der Waals surface area contributed by atoms with E-state index in [-0.39, 0.29) is 17.7 Å². The summed E-state index contributed by atoms with van der Waals surface area (Å²) in [6, 6.07) is 15.1. The monoisotopic (exact) mass is 323 g/mol. The Morgan fingerprint density at radius 2 is 1.83 bits per heavy atom. The Kier molecular flexibility index (Phi) is 5.21. The third-order valence-electron chi connectivity index (χ3n) is 4.45. The first-order valence-corrected chi connectivity index (χ1v) is 8.26. The molecule has 1 aliphatic carbocycles. The highest BCUT2D eigenvalue weighted by atomic mass is 16.7. The summed E-state index contributed by atoms with van der Waals surface area (Å²) in [7, 11) is 0. The second kappa shape index (κ2) is 7.73. The zero-order valence-electron chi connectivity index (χ0n) is 13.5. The number of oxime groups is 1. The minimum Gasteiger partial charge on any atom is -0.379 e. The van der Waals surface area contributed by atoms with Crippen LogP contribution in [0.4, 0.5) is 0 Å². The van der Waals surface area contributed by atoms with E-state index in [0.29, 0.717) is 11.6 Å². The van der Waals surface area contributed by atoms with Crippen LogP contribution in [-0.2, 0) is 9.63 Å². The summed E-state index contributed by atoms with van der Waals surface area (Å²) in [5.41, 5.74) is 7.31. The van der Waals surface area contributed by atoms with Gasteiger partial charge in [-0.25, -0.2) is 4.79 Å². The third-order valence-corrected chi connectivity index (χ3v) is 4.45. The first-order valence-electron chi connectivity index (χ1n) is 8.26. The van der Waals surface area contributed by atoms with Crippen molar-refractivity contribution in [3.8, 4) is 0 Å². The molecule has 2 aromatic rings. The number of benzene rings is 1. The molecule has 5 nitrogen and oxygen atoms in total. The Morgan fingerprint density at radius 3 is 2.50 bits per heavy atom. The van der Waals surface area contributed by atoms with Gasteiger partial charge in [-0.05, 0) is 36.5 Å². The van der Waals surface area contributed by atoms with E-state index in [0.717, 1.165) is 31.2 Å². The summed E-state index contributed by atoms with van der Waals surface area (Å²) < 4.78 is 0. The Labute approximate surface area is 141 Å². The van der Waals surface area contributed by atoms with Crippen molar-refractivity contribution in [2.75, 3.05) is 0 Å². The molecule has 1 aromatic heterocycles. The average molecular weight is 323 g/mol. The minimum absolute atomic E-state index is 0.0992. The lowest BCUT2D eigenvalue weighted by molar-refractivity contribution is -0.147. The van der Waals surface area contributed by atoms with Gasteiger partial charge in [0.2, 0.25) is 0 Å². The molecule has 3 rings (SSSR count). The van der Waals surface area contributed by atoms with Crippen molar-refractivity contribution in [2.45, 2.75) is 31.6 Å². The van der Waals surface area contributed by atoms with Crippen LogP contribution in [0.2, 0.25) is 0 Å². The molecule has 1 aromatic carbocycles. The molecule has 1 atom stereocenters. The van der Waals surface area contributed by atoms with E-state index >= 15 is 0 Å². The minimum atomic E-state index is -0.355. The molecule has 124 valence electrons. The second-order valence-electron chi connectivity index (χ2n) is 6.03. The molecular weight excluding hydrogens is 302 g/mol. The fraction of sp³-hybridized carbons (Fsp3) is 0.316. The summed E-state index contributed by atoms with van der Waals surface area (Å²) in [4.78, 5) is 21.9. The van der Waals surface area contributed by atoms with Gasteiger partial charge in [0.05, 0.1) is 5.92 Å². The molecule has 0 spiro atoms. The lowest BCUT2D eigenvalue weighted by Crippen LogP contribution is -2.23. The number of hydrogen-bond donors (Lipinski definition) is 1. The number of nitrogens with zero attached hydrogens (tertiary/aromatic N) is 2. The molecule has 0 saturated heterocycles. The number of carbonyl (C=O) groups is 1. The van der Waals surface area contributed by atoms with E-state index in [1.54, 1.807) is 24.4 Å². The van der Waals surface area contributed by atoms with Crippen LogP contribution in [0.3, 0.4) is 0 Å². The number of amidine groups is 1. The van der Waals surface area contributed by atoms with Gasteiger partial charge in [0, 0.05) is 6.20 Å². The molecule has 2 N–H and O–H groups in total. The zero-order chi connectivity index (χ0) is 16.8. The fourth-order valence-electron chi connectivity index (χ4n) is 3.26. The van der Waals surface area contributed by atoms with Crippen LogP contribution in [0.5, 0.6) is 0 Å². The summed E-state index contributed by atoms with van der Waals surface area (Å²) in [5.74, 6) is -0.255. The van der Waals surface area contributed by atoms with Crippen LogP contribution >= 0.6 is 0 Å². The quantitative estimate of drug-likeness (QED) is 0.397. The number of aromatic nitrogens is 1. The van der Waals surface area contributed by atoms with Gasteiger partial charge in [0.1, 0.15) is 5.69 Å². The molecule has 24 heavy (non-hydrogen) atoms. The number of carbonyl (C=O) groups excluding carboxylic acids is 1. The average Bonchev–Trinajstić information content (AvgIpc) is 3.15. The van der Waals surface area contributed by atoms with Crippen molar-refractivity contribution in [1.82, 2.24) is 4.98 Å². The van der Waals surface area contributed by atoms with Crippen LogP contribution in [0.1, 0.15) is 42.9 Å². The molecule has 1 aliphatic rings. The largest absolute Gasteiger partial charge is 0.379 e. The number of hydrogen-bond acceptors (Lipinski definition) is 4.